The van der Waals surface area contributed by atoms with Crippen LogP contribution < -0.4 is 14.2 Å². The molecular weight excluding hydrogens is 400 g/mol. The van der Waals surface area contributed by atoms with E-state index < -0.39 is 5.97 Å². The minimum Gasteiger partial charge on any atom is -0.507 e. The van der Waals surface area contributed by atoms with Crippen LogP contribution in [0.2, 0.25) is 0 Å². The first-order valence-electron chi connectivity index (χ1n) is 10.1. The summed E-state index contributed by atoms with van der Waals surface area (Å²) in [5.74, 6) is 0.0785. The number of aromatic hydroxyl groups is 1. The second-order valence-electron chi connectivity index (χ2n) is 8.47. The third kappa shape index (κ3) is 6.64. The monoisotopic (exact) mass is 430 g/mol. The minimum absolute atomic E-state index is 0.0572. The number of ketones is 1. The second-order valence-corrected chi connectivity index (χ2v) is 8.47. The van der Waals surface area contributed by atoms with Gasteiger partial charge in [-0.05, 0) is 42.7 Å². The molecule has 0 saturated carbocycles. The van der Waals surface area contributed by atoms with Gasteiger partial charge in [0.1, 0.15) is 11.5 Å². The van der Waals surface area contributed by atoms with Crippen LogP contribution in [0.3, 0.4) is 0 Å². The van der Waals surface area contributed by atoms with E-state index in [1.54, 1.807) is 25.1 Å². The number of methoxy groups -OCH3 is 1. The normalized spacial score (nSPS) is 11.1. The molecule has 2 aromatic carbocycles. The third-order valence-corrected chi connectivity index (χ3v) is 4.59. The maximum absolute atomic E-state index is 12.4. The third-order valence-electron chi connectivity index (χ3n) is 4.59. The summed E-state index contributed by atoms with van der Waals surface area (Å²) in [5.41, 5.74) is 0.753. The number of rotatable bonds is 10. The Hall–Kier alpha value is -3.22. The SMILES string of the molecule is COc1ccc(C(=O)O)cc1OCCCOc1ccc(C(=O)CC(C)(C)C)c(O)c1C. The van der Waals surface area contributed by atoms with E-state index in [1.807, 2.05) is 20.8 Å². The van der Waals surface area contributed by atoms with Crippen molar-refractivity contribution >= 4 is 11.8 Å². The Kier molecular flexibility index (Phi) is 7.91. The van der Waals surface area contributed by atoms with Gasteiger partial charge in [-0.2, -0.15) is 0 Å². The number of aromatic carboxylic acids is 1. The number of carbonyl (C=O) groups is 2. The number of hydrogen-bond acceptors (Lipinski definition) is 6. The predicted molar refractivity (Wildman–Crippen MR) is 117 cm³/mol. The van der Waals surface area contributed by atoms with Crippen molar-refractivity contribution in [2.45, 2.75) is 40.5 Å². The van der Waals surface area contributed by atoms with E-state index in [2.05, 4.69) is 0 Å². The Morgan fingerprint density at radius 3 is 2.16 bits per heavy atom. The fourth-order valence-electron chi connectivity index (χ4n) is 2.99. The summed E-state index contributed by atoms with van der Waals surface area (Å²) in [6.07, 6.45) is 0.857. The Morgan fingerprint density at radius 1 is 0.968 bits per heavy atom. The molecule has 0 aliphatic heterocycles. The van der Waals surface area contributed by atoms with Crippen LogP contribution in [0.5, 0.6) is 23.0 Å². The van der Waals surface area contributed by atoms with Crippen LogP contribution >= 0.6 is 0 Å². The Labute approximate surface area is 182 Å². The number of carbonyl (C=O) groups excluding carboxylic acids is 1. The van der Waals surface area contributed by atoms with Crippen LogP contribution in [0.1, 0.15) is 59.9 Å². The molecule has 0 saturated heterocycles. The van der Waals surface area contributed by atoms with Crippen LogP contribution in [0.15, 0.2) is 30.3 Å². The summed E-state index contributed by atoms with van der Waals surface area (Å²) in [6.45, 7) is 8.23. The smallest absolute Gasteiger partial charge is 0.335 e. The highest BCUT2D eigenvalue weighted by Crippen LogP contribution is 2.33. The molecule has 0 fully saturated rings. The molecule has 0 radical (unpaired) electrons. The zero-order chi connectivity index (χ0) is 23.2. The molecule has 2 N–H and O–H groups in total. The molecule has 0 unspecified atom stereocenters. The standard InChI is InChI=1S/C24H30O7/c1-15-19(10-8-17(22(15)26)18(25)14-24(2,3)4)30-11-6-12-31-21-13-16(23(27)28)7-9-20(21)29-5/h7-10,13,26H,6,11-12,14H2,1-5H3,(H,27,28). The molecule has 0 bridgehead atoms. The van der Waals surface area contributed by atoms with E-state index in [-0.39, 0.29) is 29.1 Å². The van der Waals surface area contributed by atoms with Crippen LogP contribution in [0.4, 0.5) is 0 Å². The van der Waals surface area contributed by atoms with Gasteiger partial charge in [-0.1, -0.05) is 20.8 Å². The molecule has 0 aromatic heterocycles. The fraction of sp³-hybridized carbons (Fsp3) is 0.417. The highest BCUT2D eigenvalue weighted by Gasteiger charge is 2.21. The van der Waals surface area contributed by atoms with Gasteiger partial charge < -0.3 is 24.4 Å². The van der Waals surface area contributed by atoms with Gasteiger partial charge in [0, 0.05) is 18.4 Å². The number of ether oxygens (including phenoxy) is 3. The summed E-state index contributed by atoms with van der Waals surface area (Å²) in [4.78, 5) is 23.6. The first kappa shape index (κ1) is 24.1. The minimum atomic E-state index is -1.05. The highest BCUT2D eigenvalue weighted by atomic mass is 16.5. The molecule has 2 rings (SSSR count). The molecule has 0 spiro atoms. The van der Waals surface area contributed by atoms with Crippen LogP contribution in [-0.4, -0.2) is 42.3 Å². The van der Waals surface area contributed by atoms with Crippen molar-refractivity contribution in [1.82, 2.24) is 0 Å². The Bertz CT molecular complexity index is 942. The topological polar surface area (TPSA) is 102 Å². The molecule has 0 amide bonds. The summed E-state index contributed by atoms with van der Waals surface area (Å²) >= 11 is 0. The molecule has 31 heavy (non-hydrogen) atoms. The van der Waals surface area contributed by atoms with E-state index in [0.717, 1.165) is 0 Å². The molecule has 0 aliphatic carbocycles. The van der Waals surface area contributed by atoms with Crippen molar-refractivity contribution in [1.29, 1.82) is 0 Å². The van der Waals surface area contributed by atoms with Gasteiger partial charge in [-0.15, -0.1) is 0 Å². The molecule has 7 heteroatoms. The fourth-order valence-corrected chi connectivity index (χ4v) is 2.99. The van der Waals surface area contributed by atoms with Crippen molar-refractivity contribution in [2.75, 3.05) is 20.3 Å². The largest absolute Gasteiger partial charge is 0.507 e. The van der Waals surface area contributed by atoms with Crippen molar-refractivity contribution in [2.24, 2.45) is 5.41 Å². The van der Waals surface area contributed by atoms with E-state index >= 15 is 0 Å². The van der Waals surface area contributed by atoms with Gasteiger partial charge in [-0.3, -0.25) is 4.79 Å². The van der Waals surface area contributed by atoms with Crippen LogP contribution in [0.25, 0.3) is 0 Å². The lowest BCUT2D eigenvalue weighted by Gasteiger charge is -2.18. The lowest BCUT2D eigenvalue weighted by molar-refractivity contribution is 0.0695. The van der Waals surface area contributed by atoms with Crippen LogP contribution in [0, 0.1) is 12.3 Å². The molecule has 7 nitrogen and oxygen atoms in total. The number of benzene rings is 2. The van der Waals surface area contributed by atoms with Gasteiger partial charge in [0.25, 0.3) is 0 Å². The maximum atomic E-state index is 12.4. The Balaban J connectivity index is 1.93. The molecule has 2 aromatic rings. The lowest BCUT2D eigenvalue weighted by Crippen LogP contribution is -2.13. The zero-order valence-electron chi connectivity index (χ0n) is 18.7. The highest BCUT2D eigenvalue weighted by molar-refractivity contribution is 5.99. The van der Waals surface area contributed by atoms with Gasteiger partial charge >= 0.3 is 5.97 Å². The maximum Gasteiger partial charge on any atom is 0.335 e. The van der Waals surface area contributed by atoms with Crippen molar-refractivity contribution in [3.05, 3.63) is 47.0 Å². The molecule has 0 heterocycles. The molecular formula is C24H30O7. The number of hydrogen-bond donors (Lipinski definition) is 2. The molecule has 0 atom stereocenters. The van der Waals surface area contributed by atoms with E-state index in [9.17, 15) is 14.7 Å². The summed E-state index contributed by atoms with van der Waals surface area (Å²) < 4.78 is 16.6. The van der Waals surface area contributed by atoms with Gasteiger partial charge in [0.15, 0.2) is 17.3 Å². The molecule has 0 aliphatic rings. The summed E-state index contributed by atoms with van der Waals surface area (Å²) in [6, 6.07) is 7.68. The molecule has 168 valence electrons. The van der Waals surface area contributed by atoms with E-state index in [4.69, 9.17) is 19.3 Å². The lowest BCUT2D eigenvalue weighted by atomic mass is 9.87. The second kappa shape index (κ2) is 10.2. The van der Waals surface area contributed by atoms with Crippen molar-refractivity contribution in [3.63, 3.8) is 0 Å². The average Bonchev–Trinajstić information content (AvgIpc) is 2.69. The van der Waals surface area contributed by atoms with Gasteiger partial charge in [0.2, 0.25) is 0 Å². The summed E-state index contributed by atoms with van der Waals surface area (Å²) in [5, 5.41) is 19.5. The average molecular weight is 430 g/mol. The van der Waals surface area contributed by atoms with E-state index in [0.29, 0.717) is 47.8 Å². The predicted octanol–water partition coefficient (Wildman–Crippen LogP) is 4.87. The number of phenolic OH excluding ortho intramolecular Hbond substituents is 1. The zero-order valence-corrected chi connectivity index (χ0v) is 18.7. The number of carboxylic acid groups (broad SMARTS) is 1. The van der Waals surface area contributed by atoms with Crippen molar-refractivity contribution < 1.29 is 34.0 Å². The van der Waals surface area contributed by atoms with Gasteiger partial charge in [-0.25, -0.2) is 4.79 Å². The first-order valence-corrected chi connectivity index (χ1v) is 10.1. The number of phenols is 1. The van der Waals surface area contributed by atoms with Crippen LogP contribution in [-0.2, 0) is 0 Å². The first-order chi connectivity index (χ1) is 14.5. The van der Waals surface area contributed by atoms with Gasteiger partial charge in [0.05, 0.1) is 31.5 Å². The van der Waals surface area contributed by atoms with E-state index in [1.165, 1.54) is 19.2 Å². The quantitative estimate of drug-likeness (QED) is 0.409. The number of Topliss-reactive ketones (excluding diaryl/α,β-unsaturated/α-hetero) is 1. The summed E-state index contributed by atoms with van der Waals surface area (Å²) in [7, 11) is 1.48. The Morgan fingerprint density at radius 2 is 1.58 bits per heavy atom. The van der Waals surface area contributed by atoms with Crippen molar-refractivity contribution in [3.8, 4) is 23.0 Å². The number of carboxylic acids is 1.